The van der Waals surface area contributed by atoms with Gasteiger partial charge in [-0.05, 0) is 111 Å². The van der Waals surface area contributed by atoms with E-state index in [1.807, 2.05) is 6.07 Å². The van der Waals surface area contributed by atoms with Crippen molar-refractivity contribution in [3.63, 3.8) is 0 Å². The normalized spacial score (nSPS) is 21.3. The number of piperazine rings is 1. The molecule has 4 fully saturated rings. The molecule has 1 amide bonds. The second-order valence-corrected chi connectivity index (χ2v) is 22.8. The maximum Gasteiger partial charge on any atom is 0.312 e. The number of amides is 1. The van der Waals surface area contributed by atoms with Crippen molar-refractivity contribution in [3.05, 3.63) is 124 Å². The van der Waals surface area contributed by atoms with E-state index in [1.165, 1.54) is 35.9 Å². The average molecular weight is 1060 g/mol. The van der Waals surface area contributed by atoms with Crippen LogP contribution in [0.1, 0.15) is 98.3 Å². The maximum absolute atomic E-state index is 14.9. The van der Waals surface area contributed by atoms with Crippen LogP contribution in [0.2, 0.25) is 0 Å². The summed E-state index contributed by atoms with van der Waals surface area (Å²) in [6.45, 7) is 9.43. The molecule has 4 aromatic heterocycles. The Morgan fingerprint density at radius 3 is 2.49 bits per heavy atom. The van der Waals surface area contributed by atoms with Crippen molar-refractivity contribution in [2.24, 2.45) is 11.3 Å². The van der Waals surface area contributed by atoms with Gasteiger partial charge in [-0.3, -0.25) is 24.7 Å². The third-order valence-electron chi connectivity index (χ3n) is 16.2. The van der Waals surface area contributed by atoms with Crippen LogP contribution in [0.3, 0.4) is 0 Å². The van der Waals surface area contributed by atoms with E-state index in [4.69, 9.17) is 14.2 Å². The molecule has 6 heterocycles. The van der Waals surface area contributed by atoms with Gasteiger partial charge in [0.2, 0.25) is 11.7 Å². The molecule has 1 atom stereocenters. The van der Waals surface area contributed by atoms with Gasteiger partial charge in [-0.25, -0.2) is 27.5 Å². The van der Waals surface area contributed by atoms with E-state index < -0.39 is 42.9 Å². The molecule has 0 bridgehead atoms. The lowest BCUT2D eigenvalue weighted by atomic mass is 9.59. The lowest BCUT2D eigenvalue weighted by Gasteiger charge is -2.58. The van der Waals surface area contributed by atoms with Crippen LogP contribution >= 0.6 is 0 Å². The number of aliphatic hydroxyl groups is 1. The van der Waals surface area contributed by atoms with E-state index >= 15 is 0 Å². The van der Waals surface area contributed by atoms with Crippen LogP contribution in [0.25, 0.3) is 11.0 Å². The number of aromatic amines is 1. The number of nitrogens with zero attached hydrogens (tertiary/aromatic N) is 7. The number of halogens is 1. The Balaban J connectivity index is 0.854. The molecule has 76 heavy (non-hydrogen) atoms. The van der Waals surface area contributed by atoms with Gasteiger partial charge in [0.25, 0.3) is 21.8 Å². The van der Waals surface area contributed by atoms with E-state index in [0.717, 1.165) is 95.5 Å². The average Bonchev–Trinajstić information content (AvgIpc) is 3.77. The van der Waals surface area contributed by atoms with Gasteiger partial charge in [0, 0.05) is 100 Å². The van der Waals surface area contributed by atoms with Crippen LogP contribution in [-0.4, -0.2) is 119 Å². The molecular weight excluding hydrogens is 996 g/mol. The number of nitrogens with one attached hydrogen (secondary N) is 3. The van der Waals surface area contributed by atoms with Gasteiger partial charge in [-0.15, -0.1) is 0 Å². The number of carbonyl (C=O) groups excluding carboxylic acids is 1. The molecule has 2 aliphatic heterocycles. The first-order chi connectivity index (χ1) is 36.5. The summed E-state index contributed by atoms with van der Waals surface area (Å²) < 4.78 is 62.0. The SMILES string of the molecule is CCc1ccccc1[C@@H]1CN(Cc2ccnc(OC)c2)CCN1C1CC2(CCN(c3ccc(C(=O)NS(=O)(=O)c4cnc(NCC5CCC(C)(O)CC5)c([N+](=O)[O-])c4)c(Oc4cc5c(F)c[nH]c5nc4OC)c3)CC2)C1. The number of benzene rings is 2. The first-order valence-electron chi connectivity index (χ1n) is 26.0. The monoisotopic (exact) mass is 1060 g/mol. The number of sulfonamides is 1. The summed E-state index contributed by atoms with van der Waals surface area (Å²) in [5.74, 6) is -1.15. The molecule has 6 aromatic rings. The van der Waals surface area contributed by atoms with Crippen molar-refractivity contribution in [1.82, 2.24) is 34.5 Å². The molecule has 0 radical (unpaired) electrons. The van der Waals surface area contributed by atoms with Gasteiger partial charge in [0.05, 0.1) is 41.9 Å². The first kappa shape index (κ1) is 52.5. The topological polar surface area (TPSA) is 231 Å². The Bertz CT molecular complexity index is 3220. The van der Waals surface area contributed by atoms with E-state index in [0.29, 0.717) is 44.1 Å². The molecule has 4 aliphatic rings. The van der Waals surface area contributed by atoms with Crippen LogP contribution in [-0.2, 0) is 23.0 Å². The summed E-state index contributed by atoms with van der Waals surface area (Å²) in [6, 6.07) is 20.7. The molecule has 21 heteroatoms. The Morgan fingerprint density at radius 2 is 1.75 bits per heavy atom. The summed E-state index contributed by atoms with van der Waals surface area (Å²) in [6.07, 6.45) is 11.5. The second kappa shape index (κ2) is 21.6. The van der Waals surface area contributed by atoms with Crippen LogP contribution in [0.15, 0.2) is 90.2 Å². The van der Waals surface area contributed by atoms with Crippen molar-refractivity contribution >= 4 is 44.2 Å². The van der Waals surface area contributed by atoms with E-state index in [-0.39, 0.29) is 57.2 Å². The zero-order valence-electron chi connectivity index (χ0n) is 43.3. The van der Waals surface area contributed by atoms with Gasteiger partial charge in [0.1, 0.15) is 22.1 Å². The largest absolute Gasteiger partial charge is 0.481 e. The standard InChI is InChI=1S/C55H65FN10O9S/c1-5-37-8-6-7-9-41(37)46-34-63(33-36-14-19-57-49(24-36)73-3)22-23-65(46)39-28-55(29-39)17-20-64(21-18-55)38-10-11-42(47(25-38)75-48-27-43-44(56)32-60-50(43)61-53(48)74-4)52(67)62-76(71,72)40-26-45(66(69)70)51(59-31-40)58-30-35-12-15-54(2,68)16-13-35/h6-11,14,19,24-27,31-32,35,39,46,68H,5,12-13,15-18,20-23,28-30,33-34H2,1-4H3,(H,58,59)(H,60,61)(H,62,67)/t35?,46-,54?/m0/s1. The number of H-pyrrole nitrogens is 1. The van der Waals surface area contributed by atoms with Crippen LogP contribution in [0, 0.1) is 27.3 Å². The Morgan fingerprint density at radius 1 is 0.974 bits per heavy atom. The minimum absolute atomic E-state index is 0.0168. The number of nitro groups is 1. The summed E-state index contributed by atoms with van der Waals surface area (Å²) in [4.78, 5) is 48.1. The molecule has 10 rings (SSSR count). The van der Waals surface area contributed by atoms with E-state index in [2.05, 4.69) is 81.9 Å². The minimum atomic E-state index is -4.74. The van der Waals surface area contributed by atoms with E-state index in [9.17, 15) is 32.8 Å². The fraction of sp³-hybridized carbons (Fsp3) is 0.455. The van der Waals surface area contributed by atoms with Crippen molar-refractivity contribution < 1.29 is 41.8 Å². The van der Waals surface area contributed by atoms with Gasteiger partial charge in [-0.1, -0.05) is 31.2 Å². The fourth-order valence-corrected chi connectivity index (χ4v) is 12.7. The molecule has 2 saturated heterocycles. The quantitative estimate of drug-likeness (QED) is 0.0495. The zero-order chi connectivity index (χ0) is 53.4. The Kier molecular flexibility index (Phi) is 14.9. The molecule has 2 aromatic carbocycles. The number of aromatic nitrogens is 4. The number of anilines is 2. The lowest BCUT2D eigenvalue weighted by molar-refractivity contribution is -0.384. The molecule has 2 saturated carbocycles. The molecular formula is C55H65FN10O9S. The molecule has 0 unspecified atom stereocenters. The van der Waals surface area contributed by atoms with Crippen molar-refractivity contribution in [1.29, 1.82) is 0 Å². The number of ether oxygens (including phenoxy) is 3. The zero-order valence-corrected chi connectivity index (χ0v) is 44.1. The Labute approximate surface area is 441 Å². The number of hydrogen-bond acceptors (Lipinski definition) is 16. The molecule has 19 nitrogen and oxygen atoms in total. The van der Waals surface area contributed by atoms with Crippen molar-refractivity contribution in [3.8, 4) is 23.3 Å². The van der Waals surface area contributed by atoms with Crippen molar-refractivity contribution in [2.45, 2.75) is 101 Å². The third kappa shape index (κ3) is 11.1. The van der Waals surface area contributed by atoms with Crippen molar-refractivity contribution in [2.75, 3.05) is 63.7 Å². The highest BCUT2D eigenvalue weighted by Gasteiger charge is 2.50. The highest BCUT2D eigenvalue weighted by molar-refractivity contribution is 7.90. The molecule has 1 spiro atoms. The lowest BCUT2D eigenvalue weighted by Crippen LogP contribution is -2.59. The maximum atomic E-state index is 14.9. The van der Waals surface area contributed by atoms with Gasteiger partial charge in [-0.2, -0.15) is 4.98 Å². The molecule has 2 aliphatic carbocycles. The number of fused-ring (bicyclic) bond motifs is 1. The van der Waals surface area contributed by atoms with Gasteiger partial charge in [0.15, 0.2) is 5.75 Å². The number of pyridine rings is 3. The van der Waals surface area contributed by atoms with Gasteiger partial charge >= 0.3 is 5.69 Å². The molecule has 402 valence electrons. The first-order valence-corrected chi connectivity index (χ1v) is 27.5. The minimum Gasteiger partial charge on any atom is -0.481 e. The fourth-order valence-electron chi connectivity index (χ4n) is 11.8. The Hall–Kier alpha value is -6.94. The summed E-state index contributed by atoms with van der Waals surface area (Å²) >= 11 is 0. The third-order valence-corrected chi connectivity index (χ3v) is 17.5. The predicted octanol–water partition coefficient (Wildman–Crippen LogP) is 8.55. The summed E-state index contributed by atoms with van der Waals surface area (Å²) in [7, 11) is -1.73. The number of carbonyl (C=O) groups is 1. The second-order valence-electron chi connectivity index (χ2n) is 21.2. The number of aryl methyl sites for hydroxylation is 1. The number of methoxy groups -OCH3 is 2. The van der Waals surface area contributed by atoms with Crippen LogP contribution in [0.4, 0.5) is 21.6 Å². The summed E-state index contributed by atoms with van der Waals surface area (Å²) in [5, 5.41) is 25.7. The number of hydrogen-bond donors (Lipinski definition) is 4. The highest BCUT2D eigenvalue weighted by atomic mass is 32.2. The highest BCUT2D eigenvalue weighted by Crippen LogP contribution is 2.53. The molecule has 4 N–H and O–H groups in total. The number of rotatable bonds is 17. The van der Waals surface area contributed by atoms with Crippen LogP contribution < -0.4 is 29.1 Å². The van der Waals surface area contributed by atoms with Crippen LogP contribution in [0.5, 0.6) is 23.3 Å². The smallest absolute Gasteiger partial charge is 0.312 e. The predicted molar refractivity (Wildman–Crippen MR) is 284 cm³/mol. The van der Waals surface area contributed by atoms with Gasteiger partial charge < -0.3 is 34.5 Å². The summed E-state index contributed by atoms with van der Waals surface area (Å²) in [5.41, 5.74) is 3.51. The van der Waals surface area contributed by atoms with E-state index in [1.54, 1.807) is 32.4 Å². The number of piperidine rings is 1.